The van der Waals surface area contributed by atoms with Gasteiger partial charge in [-0.25, -0.2) is 24.0 Å². The van der Waals surface area contributed by atoms with Crippen molar-refractivity contribution >= 4 is 36.0 Å². The van der Waals surface area contributed by atoms with Gasteiger partial charge in [-0.1, -0.05) is 25.3 Å². The lowest BCUT2D eigenvalue weighted by Crippen LogP contribution is -2.13. The first-order valence-corrected chi connectivity index (χ1v) is 15.9. The van der Waals surface area contributed by atoms with Crippen molar-refractivity contribution in [2.75, 3.05) is 26.4 Å². The van der Waals surface area contributed by atoms with Crippen LogP contribution in [0.3, 0.4) is 0 Å². The van der Waals surface area contributed by atoms with Crippen LogP contribution in [0, 0.1) is 6.92 Å². The fourth-order valence-electron chi connectivity index (χ4n) is 4.10. The van der Waals surface area contributed by atoms with Gasteiger partial charge in [-0.2, -0.15) is 0 Å². The van der Waals surface area contributed by atoms with Gasteiger partial charge in [0, 0.05) is 12.2 Å². The predicted molar refractivity (Wildman–Crippen MR) is 181 cm³/mol. The molecule has 0 amide bonds. The number of aryl methyl sites for hydroxylation is 1. The molecule has 0 fully saturated rings. The largest absolute Gasteiger partial charge is 0.513 e. The van der Waals surface area contributed by atoms with E-state index < -0.39 is 36.0 Å². The first-order valence-electron chi connectivity index (χ1n) is 15.9. The highest BCUT2D eigenvalue weighted by molar-refractivity contribution is 5.92. The number of unbranched alkanes of at least 4 members (excludes halogenated alkanes) is 2. The van der Waals surface area contributed by atoms with Crippen LogP contribution in [0.5, 0.6) is 17.2 Å². The van der Waals surface area contributed by atoms with E-state index in [4.69, 9.17) is 33.2 Å². The predicted octanol–water partition coefficient (Wildman–Crippen LogP) is 6.05. The van der Waals surface area contributed by atoms with Crippen LogP contribution in [-0.4, -0.2) is 62.4 Å². The Bertz CT molecular complexity index is 1690. The molecule has 0 aliphatic carbocycles. The van der Waals surface area contributed by atoms with Gasteiger partial charge in [-0.3, -0.25) is 4.79 Å². The highest BCUT2D eigenvalue weighted by Gasteiger charge is 2.15. The van der Waals surface area contributed by atoms with Gasteiger partial charge in [0.25, 0.3) is 0 Å². The van der Waals surface area contributed by atoms with Crippen LogP contribution in [0.1, 0.15) is 57.5 Å². The zero-order valence-electron chi connectivity index (χ0n) is 28.1. The van der Waals surface area contributed by atoms with Crippen LogP contribution in [0.15, 0.2) is 92.0 Å². The molecule has 3 rings (SSSR count). The second-order valence-corrected chi connectivity index (χ2v) is 10.7. The second-order valence-electron chi connectivity index (χ2n) is 10.7. The minimum absolute atomic E-state index is 0.0208. The molecular formula is C38H38O13. The molecule has 3 aromatic rings. The Morgan fingerprint density at radius 2 is 1.06 bits per heavy atom. The summed E-state index contributed by atoms with van der Waals surface area (Å²) in [7, 11) is 0. The normalized spacial score (nSPS) is 10.2. The number of hydrogen-bond donors (Lipinski definition) is 0. The molecule has 13 nitrogen and oxygen atoms in total. The van der Waals surface area contributed by atoms with Crippen molar-refractivity contribution < 1.29 is 61.9 Å². The summed E-state index contributed by atoms with van der Waals surface area (Å²) >= 11 is 0. The Morgan fingerprint density at radius 3 is 1.61 bits per heavy atom. The lowest BCUT2D eigenvalue weighted by molar-refractivity contribution is -0.143. The summed E-state index contributed by atoms with van der Waals surface area (Å²) in [5.74, 6) is -2.10. The first kappa shape index (κ1) is 39.2. The topological polar surface area (TPSA) is 167 Å². The number of ether oxygens (including phenoxy) is 7. The molecule has 0 aliphatic heterocycles. The molecule has 0 aliphatic rings. The number of rotatable bonds is 19. The third-order valence-electron chi connectivity index (χ3n) is 6.77. The average molecular weight is 703 g/mol. The van der Waals surface area contributed by atoms with Crippen LogP contribution in [0.25, 0.3) is 0 Å². The molecule has 51 heavy (non-hydrogen) atoms. The molecule has 0 unspecified atom stereocenters. The molecule has 0 heterocycles. The SMILES string of the molecule is C=CC(=O)OCCCCOC(=O)Cc1ccc(C(=O)Oc2ccc(OC(=O)c3ccc(OC(=O)OCCCCOC(=O)C=C)cc3)cc2C)cc1. The van der Waals surface area contributed by atoms with Crippen molar-refractivity contribution in [3.63, 3.8) is 0 Å². The molecule has 0 saturated heterocycles. The maximum atomic E-state index is 12.8. The van der Waals surface area contributed by atoms with Crippen molar-refractivity contribution in [2.24, 2.45) is 0 Å². The second kappa shape index (κ2) is 21.0. The average Bonchev–Trinajstić information content (AvgIpc) is 3.12. The Hall–Kier alpha value is -6.24. The van der Waals surface area contributed by atoms with E-state index in [2.05, 4.69) is 13.2 Å². The van der Waals surface area contributed by atoms with E-state index in [9.17, 15) is 28.8 Å². The van der Waals surface area contributed by atoms with Crippen LogP contribution >= 0.6 is 0 Å². The molecule has 0 atom stereocenters. The van der Waals surface area contributed by atoms with E-state index in [-0.39, 0.29) is 61.2 Å². The molecule has 3 aromatic carbocycles. The van der Waals surface area contributed by atoms with Crippen LogP contribution < -0.4 is 14.2 Å². The van der Waals surface area contributed by atoms with Gasteiger partial charge in [0.05, 0.1) is 44.0 Å². The standard InChI is InChI=1S/C38H38O13/c1-4-33(39)45-20-6-7-22-47-35(41)25-27-10-12-28(13-11-27)37(43)51-32-19-18-31(24-26(32)3)49-36(42)29-14-16-30(17-15-29)50-38(44)48-23-9-8-21-46-34(40)5-2/h4-5,10-19,24H,1-2,6-9,20-23,25H2,3H3. The Morgan fingerprint density at radius 1 is 0.569 bits per heavy atom. The van der Waals surface area contributed by atoms with E-state index in [0.717, 1.165) is 12.2 Å². The number of carbonyl (C=O) groups excluding carboxylic acids is 6. The van der Waals surface area contributed by atoms with E-state index in [0.29, 0.717) is 36.8 Å². The molecule has 0 saturated carbocycles. The quantitative estimate of drug-likeness (QED) is 0.0354. The molecule has 0 aromatic heterocycles. The summed E-state index contributed by atoms with van der Waals surface area (Å²) in [6.45, 7) is 8.96. The smallest absolute Gasteiger partial charge is 0.465 e. The van der Waals surface area contributed by atoms with Crippen molar-refractivity contribution in [1.29, 1.82) is 0 Å². The van der Waals surface area contributed by atoms with Crippen LogP contribution in [0.4, 0.5) is 4.79 Å². The number of benzene rings is 3. The van der Waals surface area contributed by atoms with Gasteiger partial charge in [0.2, 0.25) is 0 Å². The zero-order chi connectivity index (χ0) is 37.0. The van der Waals surface area contributed by atoms with Gasteiger partial charge in [-0.05, 0) is 98.3 Å². The van der Waals surface area contributed by atoms with E-state index >= 15 is 0 Å². The summed E-state index contributed by atoms with van der Waals surface area (Å²) < 4.78 is 35.9. The molecule has 0 bridgehead atoms. The summed E-state index contributed by atoms with van der Waals surface area (Å²) in [5.41, 5.74) is 1.64. The lowest BCUT2D eigenvalue weighted by atomic mass is 10.1. The first-order chi connectivity index (χ1) is 24.6. The summed E-state index contributed by atoms with van der Waals surface area (Å²) in [6, 6.07) is 16.5. The van der Waals surface area contributed by atoms with Gasteiger partial charge in [-0.15, -0.1) is 0 Å². The Labute approximate surface area is 294 Å². The van der Waals surface area contributed by atoms with Crippen molar-refractivity contribution in [2.45, 2.75) is 39.0 Å². The maximum Gasteiger partial charge on any atom is 0.513 e. The molecule has 0 radical (unpaired) electrons. The minimum Gasteiger partial charge on any atom is -0.465 e. The van der Waals surface area contributed by atoms with Gasteiger partial charge >= 0.3 is 36.0 Å². The molecule has 0 N–H and O–H groups in total. The Kier molecular flexibility index (Phi) is 16.1. The zero-order valence-corrected chi connectivity index (χ0v) is 28.1. The van der Waals surface area contributed by atoms with Gasteiger partial charge in [0.15, 0.2) is 0 Å². The third-order valence-corrected chi connectivity index (χ3v) is 6.77. The summed E-state index contributed by atoms with van der Waals surface area (Å²) in [5, 5.41) is 0. The number of hydrogen-bond acceptors (Lipinski definition) is 13. The van der Waals surface area contributed by atoms with Crippen LogP contribution in [-0.2, 0) is 39.8 Å². The minimum atomic E-state index is -0.921. The molecular weight excluding hydrogens is 664 g/mol. The molecule has 268 valence electrons. The van der Waals surface area contributed by atoms with Crippen LogP contribution in [0.2, 0.25) is 0 Å². The van der Waals surface area contributed by atoms with Gasteiger partial charge < -0.3 is 33.2 Å². The summed E-state index contributed by atoms with van der Waals surface area (Å²) in [4.78, 5) is 71.4. The molecule has 0 spiro atoms. The van der Waals surface area contributed by atoms with Gasteiger partial charge in [0.1, 0.15) is 17.2 Å². The van der Waals surface area contributed by atoms with E-state index in [1.54, 1.807) is 37.3 Å². The highest BCUT2D eigenvalue weighted by Crippen LogP contribution is 2.25. The Balaban J connectivity index is 1.40. The summed E-state index contributed by atoms with van der Waals surface area (Å²) in [6.07, 6.45) is 3.29. The fourth-order valence-corrected chi connectivity index (χ4v) is 4.10. The lowest BCUT2D eigenvalue weighted by Gasteiger charge is -2.11. The third kappa shape index (κ3) is 14.4. The highest BCUT2D eigenvalue weighted by atomic mass is 16.7. The monoisotopic (exact) mass is 702 g/mol. The number of esters is 5. The number of carbonyl (C=O) groups is 6. The fraction of sp³-hybridized carbons (Fsp3) is 0.263. The molecule has 13 heteroatoms. The van der Waals surface area contributed by atoms with Crippen molar-refractivity contribution in [3.8, 4) is 17.2 Å². The van der Waals surface area contributed by atoms with E-state index in [1.807, 2.05) is 0 Å². The van der Waals surface area contributed by atoms with Crippen molar-refractivity contribution in [3.05, 3.63) is 114 Å². The maximum absolute atomic E-state index is 12.8. The van der Waals surface area contributed by atoms with E-state index in [1.165, 1.54) is 36.4 Å². The van der Waals surface area contributed by atoms with Crippen molar-refractivity contribution in [1.82, 2.24) is 0 Å².